The Kier molecular flexibility index (Phi) is 6.47. The summed E-state index contributed by atoms with van der Waals surface area (Å²) in [5.41, 5.74) is -3.78. The highest BCUT2D eigenvalue weighted by Gasteiger charge is 2.69. The van der Waals surface area contributed by atoms with Gasteiger partial charge in [-0.25, -0.2) is 18.3 Å². The summed E-state index contributed by atoms with van der Waals surface area (Å²) in [6.07, 6.45) is -1.82. The maximum atomic E-state index is 14.1. The highest BCUT2D eigenvalue weighted by atomic mass is 31.2. The van der Waals surface area contributed by atoms with Crippen LogP contribution in [0.15, 0.2) is 24.7 Å². The van der Waals surface area contributed by atoms with Crippen molar-refractivity contribution in [2.75, 3.05) is 20.1 Å². The molecule has 0 aromatic carbocycles. The summed E-state index contributed by atoms with van der Waals surface area (Å²) in [5.74, 6) is -0.368. The first kappa shape index (κ1) is 23.6. The smallest absolute Gasteiger partial charge is 0.432 e. The Morgan fingerprint density at radius 2 is 2.26 bits per heavy atom. The van der Waals surface area contributed by atoms with Gasteiger partial charge in [0.1, 0.15) is 24.2 Å². The standard InChI is InChI=1S/C17H24FN2O10P/c1-10(2)28-15(22)25-9-27-31(24)26-8-17(7-18)13(30-31)16(4,23)14(29-17)20-6-5-12(21)19-11(20)3/h5-6,10,13-14,23H,3,7-9H2,1-2,4H3,(H,19,21)/t13-,14+,16+,17+,31?/m0/s1. The Morgan fingerprint density at radius 1 is 1.55 bits per heavy atom. The van der Waals surface area contributed by atoms with Gasteiger partial charge in [0.25, 0.3) is 5.91 Å². The van der Waals surface area contributed by atoms with Gasteiger partial charge in [0.15, 0.2) is 11.8 Å². The third-order valence-electron chi connectivity index (χ3n) is 4.72. The number of carbonyl (C=O) groups excluding carboxylic acids is 2. The largest absolute Gasteiger partial charge is 0.510 e. The quantitative estimate of drug-likeness (QED) is 0.332. The Balaban J connectivity index is 1.74. The molecule has 1 amide bonds. The van der Waals surface area contributed by atoms with E-state index in [1.807, 2.05) is 0 Å². The molecular formula is C17H24FN2O10P. The number of halogens is 1. The molecule has 5 atom stereocenters. The van der Waals surface area contributed by atoms with Crippen LogP contribution in [0.5, 0.6) is 0 Å². The van der Waals surface area contributed by atoms with Crippen molar-refractivity contribution in [3.8, 4) is 0 Å². The number of ether oxygens (including phenoxy) is 3. The van der Waals surface area contributed by atoms with Crippen LogP contribution in [0.1, 0.15) is 20.8 Å². The summed E-state index contributed by atoms with van der Waals surface area (Å²) in [6.45, 7) is 5.58. The second kappa shape index (κ2) is 8.49. The van der Waals surface area contributed by atoms with Crippen molar-refractivity contribution in [1.82, 2.24) is 10.2 Å². The van der Waals surface area contributed by atoms with Crippen LogP contribution in [0.3, 0.4) is 0 Å². The van der Waals surface area contributed by atoms with E-state index in [2.05, 4.69) is 16.6 Å². The van der Waals surface area contributed by atoms with E-state index in [-0.39, 0.29) is 5.82 Å². The number of amides is 1. The van der Waals surface area contributed by atoms with Crippen LogP contribution < -0.4 is 5.32 Å². The van der Waals surface area contributed by atoms with Gasteiger partial charge in [-0.15, -0.1) is 0 Å². The van der Waals surface area contributed by atoms with E-state index in [9.17, 15) is 23.7 Å². The van der Waals surface area contributed by atoms with Crippen molar-refractivity contribution in [2.24, 2.45) is 0 Å². The topological polar surface area (TPSA) is 142 Å². The first-order valence-electron chi connectivity index (χ1n) is 9.26. The molecule has 2 saturated heterocycles. The van der Waals surface area contributed by atoms with Gasteiger partial charge < -0.3 is 29.5 Å². The average molecular weight is 466 g/mol. The summed E-state index contributed by atoms with van der Waals surface area (Å²) in [4.78, 5) is 24.1. The van der Waals surface area contributed by atoms with Crippen LogP contribution in [0.25, 0.3) is 0 Å². The molecule has 0 bridgehead atoms. The monoisotopic (exact) mass is 466 g/mol. The zero-order chi connectivity index (χ0) is 23.0. The lowest BCUT2D eigenvalue weighted by molar-refractivity contribution is -0.162. The summed E-state index contributed by atoms with van der Waals surface area (Å²) in [7, 11) is -4.37. The number of phosphoric ester groups is 1. The SMILES string of the molecule is C=C1NC(=O)C=CN1[C@@H]1O[C@]2(CF)COP(=O)(OCOC(=O)OC(C)C)O[C@H]2[C@@]1(C)O. The van der Waals surface area contributed by atoms with Crippen molar-refractivity contribution < 1.29 is 51.4 Å². The molecule has 3 heterocycles. The molecule has 3 aliphatic heterocycles. The highest BCUT2D eigenvalue weighted by Crippen LogP contribution is 2.60. The fourth-order valence-electron chi connectivity index (χ4n) is 3.34. The lowest BCUT2D eigenvalue weighted by Crippen LogP contribution is -2.58. The van der Waals surface area contributed by atoms with Crippen LogP contribution in [-0.4, -0.2) is 71.8 Å². The predicted molar refractivity (Wildman–Crippen MR) is 99.6 cm³/mol. The Morgan fingerprint density at radius 3 is 2.87 bits per heavy atom. The minimum absolute atomic E-state index is 0.0721. The summed E-state index contributed by atoms with van der Waals surface area (Å²) in [6, 6.07) is 0. The van der Waals surface area contributed by atoms with Crippen molar-refractivity contribution in [3.63, 3.8) is 0 Å². The average Bonchev–Trinajstić information content (AvgIpc) is 2.89. The maximum Gasteiger partial charge on any atom is 0.510 e. The van der Waals surface area contributed by atoms with Gasteiger partial charge in [0, 0.05) is 12.3 Å². The maximum absolute atomic E-state index is 14.1. The first-order valence-corrected chi connectivity index (χ1v) is 10.7. The number of aliphatic hydroxyl groups is 1. The number of phosphoric acid groups is 1. The summed E-state index contributed by atoms with van der Waals surface area (Å²) >= 11 is 0. The van der Waals surface area contributed by atoms with Crippen molar-refractivity contribution in [2.45, 2.75) is 50.4 Å². The van der Waals surface area contributed by atoms with Crippen molar-refractivity contribution in [1.29, 1.82) is 0 Å². The molecule has 14 heteroatoms. The molecule has 0 spiro atoms. The number of carbonyl (C=O) groups is 2. The second-order valence-electron chi connectivity index (χ2n) is 7.57. The highest BCUT2D eigenvalue weighted by molar-refractivity contribution is 7.48. The number of nitrogens with zero attached hydrogens (tertiary/aromatic N) is 1. The van der Waals surface area contributed by atoms with Crippen LogP contribution >= 0.6 is 7.82 Å². The van der Waals surface area contributed by atoms with E-state index < -0.39 is 69.6 Å². The van der Waals surface area contributed by atoms with Crippen LogP contribution in [0.2, 0.25) is 0 Å². The number of hydrogen-bond donors (Lipinski definition) is 2. The molecule has 3 aliphatic rings. The molecule has 3 rings (SSSR count). The van der Waals surface area contributed by atoms with E-state index in [4.69, 9.17) is 23.0 Å². The number of hydrogen-bond acceptors (Lipinski definition) is 11. The van der Waals surface area contributed by atoms with Gasteiger partial charge in [0.2, 0.25) is 6.79 Å². The lowest BCUT2D eigenvalue weighted by atomic mass is 9.88. The number of nitrogens with one attached hydrogen (secondary N) is 1. The number of alkyl halides is 1. The predicted octanol–water partition coefficient (Wildman–Crippen LogP) is 1.28. The molecule has 0 aliphatic carbocycles. The van der Waals surface area contributed by atoms with E-state index in [1.54, 1.807) is 13.8 Å². The minimum atomic E-state index is -4.37. The van der Waals surface area contributed by atoms with Gasteiger partial charge in [0.05, 0.1) is 12.7 Å². The molecule has 0 aromatic heterocycles. The van der Waals surface area contributed by atoms with E-state index >= 15 is 0 Å². The third kappa shape index (κ3) is 4.61. The molecule has 0 saturated carbocycles. The molecule has 0 aromatic rings. The Bertz CT molecular complexity index is 834. The minimum Gasteiger partial charge on any atom is -0.432 e. The van der Waals surface area contributed by atoms with Gasteiger partial charge in [-0.3, -0.25) is 13.8 Å². The van der Waals surface area contributed by atoms with Gasteiger partial charge >= 0.3 is 14.0 Å². The van der Waals surface area contributed by atoms with E-state index in [1.165, 1.54) is 18.0 Å². The molecule has 31 heavy (non-hydrogen) atoms. The van der Waals surface area contributed by atoms with Crippen LogP contribution in [0.4, 0.5) is 9.18 Å². The number of fused-ring (bicyclic) bond motifs is 1. The third-order valence-corrected chi connectivity index (χ3v) is 6.06. The molecule has 2 fully saturated rings. The van der Waals surface area contributed by atoms with Crippen LogP contribution in [0, 0.1) is 0 Å². The summed E-state index contributed by atoms with van der Waals surface area (Å²) in [5, 5.41) is 13.6. The van der Waals surface area contributed by atoms with Gasteiger partial charge in [-0.1, -0.05) is 6.58 Å². The fraction of sp³-hybridized carbons (Fsp3) is 0.647. The van der Waals surface area contributed by atoms with Gasteiger partial charge in [-0.05, 0) is 20.8 Å². The molecule has 0 radical (unpaired) electrons. The number of rotatable bonds is 6. The van der Waals surface area contributed by atoms with E-state index in [0.717, 1.165) is 6.08 Å². The normalized spacial score (nSPS) is 37.5. The fourth-order valence-corrected chi connectivity index (χ4v) is 4.76. The van der Waals surface area contributed by atoms with Gasteiger partial charge in [-0.2, -0.15) is 0 Å². The molecule has 1 unspecified atom stereocenters. The zero-order valence-corrected chi connectivity index (χ0v) is 18.0. The van der Waals surface area contributed by atoms with Crippen molar-refractivity contribution in [3.05, 3.63) is 24.7 Å². The Hall–Kier alpha value is -2.02. The molecule has 174 valence electrons. The van der Waals surface area contributed by atoms with Crippen molar-refractivity contribution >= 4 is 19.9 Å². The summed E-state index contributed by atoms with van der Waals surface area (Å²) < 4.78 is 57.3. The second-order valence-corrected chi connectivity index (χ2v) is 9.19. The van der Waals surface area contributed by atoms with E-state index in [0.29, 0.717) is 0 Å². The molecular weight excluding hydrogens is 442 g/mol. The molecule has 12 nitrogen and oxygen atoms in total. The zero-order valence-electron chi connectivity index (χ0n) is 17.1. The lowest BCUT2D eigenvalue weighted by Gasteiger charge is -2.40. The Labute approximate surface area is 177 Å². The van der Waals surface area contributed by atoms with Crippen LogP contribution in [-0.2, 0) is 37.1 Å². The first-order chi connectivity index (χ1) is 14.4. The molecule has 2 N–H and O–H groups in total.